The van der Waals surface area contributed by atoms with Crippen LogP contribution in [0.2, 0.25) is 0 Å². The zero-order chi connectivity index (χ0) is 3.41. The normalized spacial score (nSPS) is 7.50. The maximum Gasteiger partial charge on any atom is 0.140 e. The van der Waals surface area contributed by atoms with Crippen molar-refractivity contribution in [3.8, 4) is 0 Å². The summed E-state index contributed by atoms with van der Waals surface area (Å²) >= 11 is 2.71. The Balaban J connectivity index is 1.97. The van der Waals surface area contributed by atoms with Crippen molar-refractivity contribution < 1.29 is 10.1 Å². The molecule has 2 nitrogen and oxygen atoms in total. The Bertz CT molecular complexity index is 8.00. The van der Waals surface area contributed by atoms with Gasteiger partial charge in [-0.05, 0) is 5.26 Å². The van der Waals surface area contributed by atoms with Crippen molar-refractivity contribution in [1.82, 2.24) is 0 Å². The highest BCUT2D eigenvalue weighted by atomic mass is 79.9. The predicted octanol–water partition coefficient (Wildman–Crippen LogP) is 0.701. The Morgan fingerprint density at radius 2 is 2.25 bits per heavy atom. The molecule has 0 rings (SSSR count). The average Bonchev–Trinajstić information content (AvgIpc) is 1.37. The Morgan fingerprint density at radius 1 is 2.00 bits per heavy atom. The molecule has 0 amide bonds. The molecule has 0 saturated heterocycles. The van der Waals surface area contributed by atoms with E-state index >= 15 is 0 Å². The molecule has 0 fully saturated rings. The molecule has 1 radical (unpaired) electrons. The lowest BCUT2D eigenvalue weighted by Gasteiger charge is -1.66. The van der Waals surface area contributed by atoms with Gasteiger partial charge in [0.25, 0.3) is 0 Å². The van der Waals surface area contributed by atoms with Crippen molar-refractivity contribution in [2.75, 3.05) is 5.52 Å². The van der Waals surface area contributed by atoms with Gasteiger partial charge in [0, 0.05) is 0 Å². The van der Waals surface area contributed by atoms with Gasteiger partial charge in [-0.15, -0.1) is 0 Å². The standard InChI is InChI=1S/CH2BrO2/c2-1-4-3/h1H2. The number of alkyl halides is 1. The summed E-state index contributed by atoms with van der Waals surface area (Å²) < 4.78 is 0. The van der Waals surface area contributed by atoms with E-state index in [1.165, 1.54) is 0 Å². The molecule has 0 atom stereocenters. The maximum atomic E-state index is 8.75. The molecule has 0 heterocycles. The van der Waals surface area contributed by atoms with E-state index in [0.29, 0.717) is 0 Å². The van der Waals surface area contributed by atoms with E-state index < -0.39 is 0 Å². The highest BCUT2D eigenvalue weighted by molar-refractivity contribution is 9.09. The molecule has 4 heavy (non-hydrogen) atoms. The minimum absolute atomic E-state index is 0.0764. The smallest absolute Gasteiger partial charge is 0.140 e. The van der Waals surface area contributed by atoms with E-state index in [-0.39, 0.29) is 5.52 Å². The van der Waals surface area contributed by atoms with Crippen molar-refractivity contribution in [1.29, 1.82) is 0 Å². The van der Waals surface area contributed by atoms with Crippen LogP contribution >= 0.6 is 15.9 Å². The maximum absolute atomic E-state index is 8.75. The van der Waals surface area contributed by atoms with Crippen molar-refractivity contribution >= 4 is 15.9 Å². The monoisotopic (exact) mass is 125 g/mol. The van der Waals surface area contributed by atoms with E-state index in [0.717, 1.165) is 0 Å². The lowest BCUT2D eigenvalue weighted by Crippen LogP contribution is -1.66. The lowest BCUT2D eigenvalue weighted by molar-refractivity contribution is -0.285. The molecule has 0 aromatic heterocycles. The van der Waals surface area contributed by atoms with Crippen LogP contribution in [0.5, 0.6) is 0 Å². The van der Waals surface area contributed by atoms with E-state index in [1.54, 1.807) is 0 Å². The van der Waals surface area contributed by atoms with Gasteiger partial charge in [0.1, 0.15) is 5.52 Å². The van der Waals surface area contributed by atoms with Crippen molar-refractivity contribution in [2.24, 2.45) is 0 Å². The fourth-order valence-corrected chi connectivity index (χ4v) is 0. The Kier molecular flexibility index (Phi) is 3.74. The number of hydrogen-bond donors (Lipinski definition) is 0. The second-order valence-corrected chi connectivity index (χ2v) is 0.685. The van der Waals surface area contributed by atoms with Gasteiger partial charge in [0.2, 0.25) is 0 Å². The summed E-state index contributed by atoms with van der Waals surface area (Å²) in [5, 5.41) is 8.75. The summed E-state index contributed by atoms with van der Waals surface area (Å²) in [4.78, 5) is 3.21. The first-order chi connectivity index (χ1) is 1.91. The van der Waals surface area contributed by atoms with Crippen LogP contribution in [0, 0.1) is 0 Å². The Hall–Kier alpha value is 0.400. The highest BCUT2D eigenvalue weighted by Crippen LogP contribution is 1.73. The minimum Gasteiger partial charge on any atom is -0.192 e. The Labute approximate surface area is 32.4 Å². The van der Waals surface area contributed by atoms with Gasteiger partial charge in [-0.2, -0.15) is 4.89 Å². The van der Waals surface area contributed by atoms with Gasteiger partial charge in [0.15, 0.2) is 0 Å². The molecule has 0 aliphatic carbocycles. The lowest BCUT2D eigenvalue weighted by atomic mass is 11.7. The molecule has 0 unspecified atom stereocenters. The SMILES string of the molecule is [O]OCBr. The van der Waals surface area contributed by atoms with Gasteiger partial charge in [-0.25, -0.2) is 0 Å². The summed E-state index contributed by atoms with van der Waals surface area (Å²) in [5.41, 5.74) is 0.0764. The summed E-state index contributed by atoms with van der Waals surface area (Å²) in [6.07, 6.45) is 0. The van der Waals surface area contributed by atoms with Gasteiger partial charge in [0.05, 0.1) is 0 Å². The van der Waals surface area contributed by atoms with E-state index in [9.17, 15) is 0 Å². The first-order valence-corrected chi connectivity index (χ1v) is 1.84. The van der Waals surface area contributed by atoms with Crippen LogP contribution in [0.4, 0.5) is 0 Å². The van der Waals surface area contributed by atoms with Crippen LogP contribution in [-0.4, -0.2) is 5.52 Å². The van der Waals surface area contributed by atoms with E-state index in [2.05, 4.69) is 20.8 Å². The molecule has 0 bridgehead atoms. The van der Waals surface area contributed by atoms with Gasteiger partial charge in [-0.1, -0.05) is 15.9 Å². The van der Waals surface area contributed by atoms with Crippen LogP contribution < -0.4 is 0 Å². The van der Waals surface area contributed by atoms with Gasteiger partial charge < -0.3 is 0 Å². The molecule has 0 spiro atoms. The summed E-state index contributed by atoms with van der Waals surface area (Å²) in [6.45, 7) is 0. The molecule has 0 saturated carbocycles. The number of rotatable bonds is 1. The summed E-state index contributed by atoms with van der Waals surface area (Å²) in [5.74, 6) is 0. The zero-order valence-corrected chi connectivity index (χ0v) is 3.49. The quantitative estimate of drug-likeness (QED) is 0.289. The number of hydrogen-bond acceptors (Lipinski definition) is 1. The first-order valence-electron chi connectivity index (χ1n) is 0.723. The van der Waals surface area contributed by atoms with Crippen molar-refractivity contribution in [2.45, 2.75) is 0 Å². The molecule has 0 N–H and O–H groups in total. The first kappa shape index (κ1) is 4.40. The minimum atomic E-state index is 0.0764. The van der Waals surface area contributed by atoms with Crippen molar-refractivity contribution in [3.05, 3.63) is 0 Å². The van der Waals surface area contributed by atoms with Crippen molar-refractivity contribution in [3.63, 3.8) is 0 Å². The average molecular weight is 126 g/mol. The fourth-order valence-electron chi connectivity index (χ4n) is 0. The van der Waals surface area contributed by atoms with E-state index in [1.807, 2.05) is 0 Å². The molecule has 25 valence electrons. The third-order valence-corrected chi connectivity index (χ3v) is 0.231. The van der Waals surface area contributed by atoms with Gasteiger partial charge >= 0.3 is 0 Å². The van der Waals surface area contributed by atoms with Gasteiger partial charge in [-0.3, -0.25) is 0 Å². The second kappa shape index (κ2) is 3.40. The molecule has 3 heteroatoms. The molecular formula is CH2BrO2. The van der Waals surface area contributed by atoms with Crippen LogP contribution in [0.15, 0.2) is 0 Å². The topological polar surface area (TPSA) is 29.1 Å². The predicted molar refractivity (Wildman–Crippen MR) is 15.6 cm³/mol. The molecule has 0 aromatic rings. The fraction of sp³-hybridized carbons (Fsp3) is 1.00. The molecule has 0 aliphatic heterocycles. The van der Waals surface area contributed by atoms with Crippen LogP contribution in [0.25, 0.3) is 0 Å². The zero-order valence-electron chi connectivity index (χ0n) is 1.90. The third kappa shape index (κ3) is 2.40. The molecule has 0 aliphatic rings. The molecular weight excluding hydrogens is 124 g/mol. The van der Waals surface area contributed by atoms with Crippen LogP contribution in [0.3, 0.4) is 0 Å². The van der Waals surface area contributed by atoms with Crippen LogP contribution in [0.1, 0.15) is 0 Å². The third-order valence-electron chi connectivity index (χ3n) is 0.0445. The molecule has 0 aromatic carbocycles. The second-order valence-electron chi connectivity index (χ2n) is 0.227. The highest BCUT2D eigenvalue weighted by Gasteiger charge is 1.60. The summed E-state index contributed by atoms with van der Waals surface area (Å²) in [6, 6.07) is 0. The van der Waals surface area contributed by atoms with Crippen LogP contribution in [-0.2, 0) is 10.1 Å². The number of halogens is 1. The summed E-state index contributed by atoms with van der Waals surface area (Å²) in [7, 11) is 0. The van der Waals surface area contributed by atoms with E-state index in [4.69, 9.17) is 5.26 Å². The Morgan fingerprint density at radius 3 is 2.25 bits per heavy atom. The largest absolute Gasteiger partial charge is 0.192 e.